The number of amides is 1. The maximum Gasteiger partial charge on any atom is 0.244 e. The van der Waals surface area contributed by atoms with Crippen LogP contribution in [0.15, 0.2) is 24.3 Å². The van der Waals surface area contributed by atoms with Crippen LogP contribution in [0.2, 0.25) is 0 Å². The second-order valence-electron chi connectivity index (χ2n) is 4.98. The maximum atomic E-state index is 12.1. The van der Waals surface area contributed by atoms with E-state index >= 15 is 0 Å². The smallest absolute Gasteiger partial charge is 0.244 e. The normalized spacial score (nSPS) is 17.1. The molecule has 0 aliphatic heterocycles. The fourth-order valence-corrected chi connectivity index (χ4v) is 1.88. The summed E-state index contributed by atoms with van der Waals surface area (Å²) in [5.41, 5.74) is 5.90. The summed E-state index contributed by atoms with van der Waals surface area (Å²) in [5, 5.41) is 11.2. The number of carbonyl (C=O) groups excluding carboxylic acids is 1. The molecule has 0 heterocycles. The maximum absolute atomic E-state index is 12.1. The summed E-state index contributed by atoms with van der Waals surface area (Å²) in [6, 6.07) is 8.77. The predicted molar refractivity (Wildman–Crippen MR) is 71.5 cm³/mol. The number of anilines is 1. The first kappa shape index (κ1) is 13.4. The van der Waals surface area contributed by atoms with Gasteiger partial charge in [-0.05, 0) is 49.9 Å². The number of nitriles is 1. The molecule has 1 atom stereocenters. The fraction of sp³-hybridized carbons (Fsp3) is 0.429. The summed E-state index contributed by atoms with van der Waals surface area (Å²) < 4.78 is 5.13. The Bertz CT molecular complexity index is 498. The van der Waals surface area contributed by atoms with Crippen molar-refractivity contribution >= 4 is 11.6 Å². The zero-order valence-electron chi connectivity index (χ0n) is 10.8. The van der Waals surface area contributed by atoms with E-state index < -0.39 is 5.54 Å². The lowest BCUT2D eigenvalue weighted by Gasteiger charge is -2.23. The highest BCUT2D eigenvalue weighted by atomic mass is 16.5. The molecule has 5 heteroatoms. The Morgan fingerprint density at radius 1 is 1.53 bits per heavy atom. The van der Waals surface area contributed by atoms with E-state index in [4.69, 9.17) is 15.7 Å². The van der Waals surface area contributed by atoms with Gasteiger partial charge in [0.15, 0.2) is 6.61 Å². The summed E-state index contributed by atoms with van der Waals surface area (Å²) in [6.07, 6.45) is 2.03. The Labute approximate surface area is 112 Å². The third-order valence-electron chi connectivity index (χ3n) is 3.33. The third kappa shape index (κ3) is 3.24. The van der Waals surface area contributed by atoms with E-state index in [1.807, 2.05) is 6.07 Å². The van der Waals surface area contributed by atoms with Gasteiger partial charge in [-0.2, -0.15) is 5.26 Å². The van der Waals surface area contributed by atoms with Crippen LogP contribution >= 0.6 is 0 Å². The number of ether oxygens (including phenoxy) is 1. The van der Waals surface area contributed by atoms with Crippen LogP contribution in [-0.4, -0.2) is 18.1 Å². The molecule has 0 saturated heterocycles. The van der Waals surface area contributed by atoms with Gasteiger partial charge in [0.2, 0.25) is 5.91 Å². The Hall–Kier alpha value is -2.06. The van der Waals surface area contributed by atoms with Gasteiger partial charge in [0.25, 0.3) is 0 Å². The van der Waals surface area contributed by atoms with E-state index in [9.17, 15) is 4.79 Å². The minimum atomic E-state index is -0.810. The number of nitrogens with one attached hydrogen (secondary N) is 1. The van der Waals surface area contributed by atoms with Crippen LogP contribution in [0.5, 0.6) is 5.75 Å². The minimum absolute atomic E-state index is 0.00819. The Morgan fingerprint density at radius 3 is 2.68 bits per heavy atom. The monoisotopic (exact) mass is 259 g/mol. The molecule has 3 N–H and O–H groups in total. The number of nitrogens with zero attached hydrogens (tertiary/aromatic N) is 1. The topological polar surface area (TPSA) is 88.1 Å². The fourth-order valence-electron chi connectivity index (χ4n) is 1.88. The molecule has 0 bridgehead atoms. The molecule has 1 saturated carbocycles. The van der Waals surface area contributed by atoms with Gasteiger partial charge in [0, 0.05) is 5.69 Å². The quantitative estimate of drug-likeness (QED) is 0.841. The summed E-state index contributed by atoms with van der Waals surface area (Å²) in [4.78, 5) is 12.1. The van der Waals surface area contributed by atoms with Crippen LogP contribution in [0.3, 0.4) is 0 Å². The SMILES string of the molecule is CC(N)(C(=O)Nc1ccc(OCC#N)cc1)C1CC1. The Morgan fingerprint density at radius 2 is 2.16 bits per heavy atom. The summed E-state index contributed by atoms with van der Waals surface area (Å²) in [6.45, 7) is 1.78. The van der Waals surface area contributed by atoms with Crippen molar-refractivity contribution in [2.75, 3.05) is 11.9 Å². The van der Waals surface area contributed by atoms with Gasteiger partial charge in [-0.15, -0.1) is 0 Å². The first-order valence-electron chi connectivity index (χ1n) is 6.24. The highest BCUT2D eigenvalue weighted by Crippen LogP contribution is 2.38. The van der Waals surface area contributed by atoms with Crippen molar-refractivity contribution in [3.05, 3.63) is 24.3 Å². The zero-order chi connectivity index (χ0) is 13.9. The number of rotatable bonds is 5. The Kier molecular flexibility index (Phi) is 3.72. The molecule has 1 aromatic rings. The zero-order valence-corrected chi connectivity index (χ0v) is 10.8. The van der Waals surface area contributed by atoms with Crippen molar-refractivity contribution in [1.29, 1.82) is 5.26 Å². The molecule has 19 heavy (non-hydrogen) atoms. The van der Waals surface area contributed by atoms with Crippen molar-refractivity contribution in [3.63, 3.8) is 0 Å². The summed E-state index contributed by atoms with van der Waals surface area (Å²) >= 11 is 0. The molecule has 100 valence electrons. The highest BCUT2D eigenvalue weighted by molar-refractivity contribution is 5.98. The predicted octanol–water partition coefficient (Wildman–Crippen LogP) is 1.65. The van der Waals surface area contributed by atoms with Crippen LogP contribution in [0.1, 0.15) is 19.8 Å². The van der Waals surface area contributed by atoms with Crippen LogP contribution in [0.25, 0.3) is 0 Å². The second kappa shape index (κ2) is 5.29. The molecule has 1 fully saturated rings. The molecule has 5 nitrogen and oxygen atoms in total. The minimum Gasteiger partial charge on any atom is -0.479 e. The highest BCUT2D eigenvalue weighted by Gasteiger charge is 2.44. The van der Waals surface area contributed by atoms with Crippen LogP contribution in [0, 0.1) is 17.2 Å². The van der Waals surface area contributed by atoms with Gasteiger partial charge < -0.3 is 15.8 Å². The van der Waals surface area contributed by atoms with E-state index in [1.54, 1.807) is 31.2 Å². The number of hydrogen-bond acceptors (Lipinski definition) is 4. The standard InChI is InChI=1S/C14H17N3O2/c1-14(16,10-2-3-10)13(18)17-11-4-6-12(7-5-11)19-9-8-15/h4-7,10H,2-3,9,16H2,1H3,(H,17,18). The number of benzene rings is 1. The van der Waals surface area contributed by atoms with Crippen molar-refractivity contribution in [2.45, 2.75) is 25.3 Å². The molecule has 1 unspecified atom stereocenters. The molecular formula is C14H17N3O2. The van der Waals surface area contributed by atoms with Crippen molar-refractivity contribution < 1.29 is 9.53 Å². The summed E-state index contributed by atoms with van der Waals surface area (Å²) in [5.74, 6) is 0.712. The van der Waals surface area contributed by atoms with Gasteiger partial charge in [-0.1, -0.05) is 0 Å². The van der Waals surface area contributed by atoms with Gasteiger partial charge >= 0.3 is 0 Å². The van der Waals surface area contributed by atoms with Gasteiger partial charge in [-0.3, -0.25) is 4.79 Å². The molecule has 2 rings (SSSR count). The van der Waals surface area contributed by atoms with Crippen LogP contribution in [0.4, 0.5) is 5.69 Å². The first-order valence-corrected chi connectivity index (χ1v) is 6.24. The largest absolute Gasteiger partial charge is 0.479 e. The van der Waals surface area contributed by atoms with Crippen LogP contribution < -0.4 is 15.8 Å². The van der Waals surface area contributed by atoms with Crippen LogP contribution in [-0.2, 0) is 4.79 Å². The average Bonchev–Trinajstić information content (AvgIpc) is 3.22. The molecule has 0 aromatic heterocycles. The lowest BCUT2D eigenvalue weighted by molar-refractivity contribution is -0.121. The first-order chi connectivity index (χ1) is 9.04. The lowest BCUT2D eigenvalue weighted by Crippen LogP contribution is -2.50. The van der Waals surface area contributed by atoms with Crippen molar-refractivity contribution in [1.82, 2.24) is 0 Å². The van der Waals surface area contributed by atoms with E-state index in [0.717, 1.165) is 12.8 Å². The molecule has 1 amide bonds. The molecular weight excluding hydrogens is 242 g/mol. The van der Waals surface area contributed by atoms with Gasteiger partial charge in [0.1, 0.15) is 11.8 Å². The van der Waals surface area contributed by atoms with E-state index in [0.29, 0.717) is 11.4 Å². The van der Waals surface area contributed by atoms with E-state index in [-0.39, 0.29) is 18.4 Å². The molecule has 1 aliphatic carbocycles. The molecule has 0 radical (unpaired) electrons. The summed E-state index contributed by atoms with van der Waals surface area (Å²) in [7, 11) is 0. The third-order valence-corrected chi connectivity index (χ3v) is 3.33. The van der Waals surface area contributed by atoms with Crippen molar-refractivity contribution in [2.24, 2.45) is 11.7 Å². The van der Waals surface area contributed by atoms with E-state index in [2.05, 4.69) is 5.32 Å². The molecule has 0 spiro atoms. The van der Waals surface area contributed by atoms with Gasteiger partial charge in [0.05, 0.1) is 5.54 Å². The molecule has 1 aliphatic rings. The Balaban J connectivity index is 1.96. The second-order valence-corrected chi connectivity index (χ2v) is 4.98. The molecule has 1 aromatic carbocycles. The number of hydrogen-bond donors (Lipinski definition) is 2. The number of carbonyl (C=O) groups is 1. The van der Waals surface area contributed by atoms with Gasteiger partial charge in [-0.25, -0.2) is 0 Å². The number of nitrogens with two attached hydrogens (primary N) is 1. The van der Waals surface area contributed by atoms with E-state index in [1.165, 1.54) is 0 Å². The van der Waals surface area contributed by atoms with Crippen molar-refractivity contribution in [3.8, 4) is 11.8 Å². The average molecular weight is 259 g/mol. The lowest BCUT2D eigenvalue weighted by atomic mass is 9.96.